The number of ether oxygens (including phenoxy) is 1. The lowest BCUT2D eigenvalue weighted by atomic mass is 10.1. The zero-order chi connectivity index (χ0) is 10.8. The Hall–Kier alpha value is -1.16. The second-order valence-electron chi connectivity index (χ2n) is 4.17. The number of imidazole rings is 1. The van der Waals surface area contributed by atoms with Gasteiger partial charge in [-0.3, -0.25) is 4.79 Å². The van der Waals surface area contributed by atoms with E-state index in [0.29, 0.717) is 25.5 Å². The highest BCUT2D eigenvalue weighted by molar-refractivity contribution is 5.79. The van der Waals surface area contributed by atoms with Crippen LogP contribution in [-0.4, -0.2) is 21.9 Å². The number of ketones is 1. The molecule has 4 nitrogen and oxygen atoms in total. The predicted molar refractivity (Wildman–Crippen MR) is 55.5 cm³/mol. The average molecular weight is 208 g/mol. The van der Waals surface area contributed by atoms with E-state index in [1.54, 1.807) is 12.5 Å². The van der Waals surface area contributed by atoms with Crippen molar-refractivity contribution >= 4 is 5.78 Å². The van der Waals surface area contributed by atoms with E-state index >= 15 is 0 Å². The Labute approximate surface area is 89.3 Å². The number of hydrogen-bond donors (Lipinski definition) is 0. The van der Waals surface area contributed by atoms with Crippen molar-refractivity contribution in [3.8, 4) is 0 Å². The van der Waals surface area contributed by atoms with Crippen molar-refractivity contribution in [2.45, 2.75) is 38.8 Å². The number of nitrogens with zero attached hydrogens (tertiary/aromatic N) is 2. The Balaban J connectivity index is 2.20. The van der Waals surface area contributed by atoms with Crippen LogP contribution >= 0.6 is 0 Å². The molecule has 0 N–H and O–H groups in total. The molecular formula is C11H16N2O2. The molecule has 1 aliphatic heterocycles. The topological polar surface area (TPSA) is 44.1 Å². The molecule has 0 bridgehead atoms. The van der Waals surface area contributed by atoms with Gasteiger partial charge < -0.3 is 9.30 Å². The summed E-state index contributed by atoms with van der Waals surface area (Å²) in [5, 5.41) is 0. The highest BCUT2D eigenvalue weighted by atomic mass is 16.5. The SMILES string of the molecule is CC(C)n1cncc1C1CC(=O)CCO1. The molecule has 0 aromatic carbocycles. The van der Waals surface area contributed by atoms with Gasteiger partial charge in [-0.25, -0.2) is 4.98 Å². The second-order valence-corrected chi connectivity index (χ2v) is 4.17. The first-order valence-electron chi connectivity index (χ1n) is 5.33. The van der Waals surface area contributed by atoms with Gasteiger partial charge in [0.2, 0.25) is 0 Å². The molecule has 0 amide bonds. The van der Waals surface area contributed by atoms with Gasteiger partial charge >= 0.3 is 0 Å². The highest BCUT2D eigenvalue weighted by Gasteiger charge is 2.24. The van der Waals surface area contributed by atoms with Crippen LogP contribution in [0, 0.1) is 0 Å². The summed E-state index contributed by atoms with van der Waals surface area (Å²) in [5.41, 5.74) is 1.01. The third kappa shape index (κ3) is 2.09. The third-order valence-corrected chi connectivity index (χ3v) is 2.70. The number of rotatable bonds is 2. The molecule has 82 valence electrons. The largest absolute Gasteiger partial charge is 0.371 e. The fourth-order valence-corrected chi connectivity index (χ4v) is 1.87. The van der Waals surface area contributed by atoms with E-state index < -0.39 is 0 Å². The van der Waals surface area contributed by atoms with Crippen molar-refractivity contribution in [1.82, 2.24) is 9.55 Å². The van der Waals surface area contributed by atoms with E-state index in [0.717, 1.165) is 5.69 Å². The fourth-order valence-electron chi connectivity index (χ4n) is 1.87. The Bertz CT molecular complexity index is 357. The predicted octanol–water partition coefficient (Wildman–Crippen LogP) is 1.88. The van der Waals surface area contributed by atoms with E-state index in [9.17, 15) is 4.79 Å². The van der Waals surface area contributed by atoms with Crippen LogP contribution in [0.2, 0.25) is 0 Å². The van der Waals surface area contributed by atoms with Crippen LogP contribution in [0.4, 0.5) is 0 Å². The summed E-state index contributed by atoms with van der Waals surface area (Å²) in [5.74, 6) is 0.280. The quantitative estimate of drug-likeness (QED) is 0.745. The molecule has 1 unspecified atom stereocenters. The zero-order valence-corrected chi connectivity index (χ0v) is 9.14. The third-order valence-electron chi connectivity index (χ3n) is 2.70. The molecule has 0 radical (unpaired) electrons. The van der Waals surface area contributed by atoms with Gasteiger partial charge in [0.05, 0.1) is 24.8 Å². The lowest BCUT2D eigenvalue weighted by molar-refractivity contribution is -0.129. The first-order valence-corrected chi connectivity index (χ1v) is 5.33. The maximum Gasteiger partial charge on any atom is 0.138 e. The summed E-state index contributed by atoms with van der Waals surface area (Å²) in [6, 6.07) is 0.350. The van der Waals surface area contributed by atoms with E-state index in [1.165, 1.54) is 0 Å². The van der Waals surface area contributed by atoms with Gasteiger partial charge in [0.25, 0.3) is 0 Å². The molecule has 1 aromatic heterocycles. The van der Waals surface area contributed by atoms with Gasteiger partial charge in [0.15, 0.2) is 0 Å². The van der Waals surface area contributed by atoms with E-state index in [1.807, 2.05) is 0 Å². The van der Waals surface area contributed by atoms with Crippen LogP contribution in [0.15, 0.2) is 12.5 Å². The van der Waals surface area contributed by atoms with Crippen molar-refractivity contribution in [2.75, 3.05) is 6.61 Å². The monoisotopic (exact) mass is 208 g/mol. The summed E-state index contributed by atoms with van der Waals surface area (Å²) >= 11 is 0. The number of aromatic nitrogens is 2. The Morgan fingerprint density at radius 1 is 1.60 bits per heavy atom. The standard InChI is InChI=1S/C11H16N2O2/c1-8(2)13-7-12-6-10(13)11-5-9(14)3-4-15-11/h6-8,11H,3-5H2,1-2H3. The Morgan fingerprint density at radius 2 is 2.40 bits per heavy atom. The fraction of sp³-hybridized carbons (Fsp3) is 0.636. The van der Waals surface area contributed by atoms with Crippen molar-refractivity contribution < 1.29 is 9.53 Å². The van der Waals surface area contributed by atoms with Gasteiger partial charge in [-0.05, 0) is 13.8 Å². The normalized spacial score (nSPS) is 22.3. The van der Waals surface area contributed by atoms with E-state index in [2.05, 4.69) is 23.4 Å². The van der Waals surface area contributed by atoms with E-state index in [4.69, 9.17) is 4.74 Å². The first-order chi connectivity index (χ1) is 7.18. The molecule has 1 aliphatic rings. The van der Waals surface area contributed by atoms with Gasteiger partial charge in [0.1, 0.15) is 11.9 Å². The summed E-state index contributed by atoms with van der Waals surface area (Å²) in [6.07, 6.45) is 4.52. The van der Waals surface area contributed by atoms with Crippen molar-refractivity contribution in [2.24, 2.45) is 0 Å². The smallest absolute Gasteiger partial charge is 0.138 e. The van der Waals surface area contributed by atoms with Crippen LogP contribution in [0.3, 0.4) is 0 Å². The molecular weight excluding hydrogens is 192 g/mol. The van der Waals surface area contributed by atoms with E-state index in [-0.39, 0.29) is 11.9 Å². The molecule has 0 saturated carbocycles. The minimum atomic E-state index is -0.101. The van der Waals surface area contributed by atoms with Crippen LogP contribution in [0.5, 0.6) is 0 Å². The molecule has 1 saturated heterocycles. The summed E-state index contributed by atoms with van der Waals surface area (Å²) < 4.78 is 7.66. The molecule has 1 fully saturated rings. The van der Waals surface area contributed by atoms with Crippen molar-refractivity contribution in [3.05, 3.63) is 18.2 Å². The van der Waals surface area contributed by atoms with Gasteiger partial charge in [-0.2, -0.15) is 0 Å². The summed E-state index contributed by atoms with van der Waals surface area (Å²) in [4.78, 5) is 15.5. The van der Waals surface area contributed by atoms with Crippen LogP contribution in [0.25, 0.3) is 0 Å². The number of hydrogen-bond acceptors (Lipinski definition) is 3. The molecule has 2 heterocycles. The number of carbonyl (C=O) groups is 1. The minimum Gasteiger partial charge on any atom is -0.371 e. The molecule has 2 rings (SSSR count). The van der Waals surface area contributed by atoms with Crippen molar-refractivity contribution in [3.63, 3.8) is 0 Å². The minimum absolute atomic E-state index is 0.101. The maximum absolute atomic E-state index is 11.3. The highest BCUT2D eigenvalue weighted by Crippen LogP contribution is 2.27. The molecule has 1 atom stereocenters. The molecule has 15 heavy (non-hydrogen) atoms. The molecule has 1 aromatic rings. The summed E-state index contributed by atoms with van der Waals surface area (Å²) in [7, 11) is 0. The first kappa shape index (κ1) is 10.4. The van der Waals surface area contributed by atoms with Crippen molar-refractivity contribution in [1.29, 1.82) is 0 Å². The zero-order valence-electron chi connectivity index (χ0n) is 9.14. The van der Waals surface area contributed by atoms with Crippen LogP contribution in [0.1, 0.15) is 44.5 Å². The van der Waals surface area contributed by atoms with Crippen LogP contribution < -0.4 is 0 Å². The number of carbonyl (C=O) groups excluding carboxylic acids is 1. The molecule has 0 aliphatic carbocycles. The second kappa shape index (κ2) is 4.14. The maximum atomic E-state index is 11.3. The molecule has 4 heteroatoms. The lowest BCUT2D eigenvalue weighted by Crippen LogP contribution is -2.22. The van der Waals surface area contributed by atoms with Gasteiger partial charge in [0, 0.05) is 18.9 Å². The molecule has 0 spiro atoms. The number of Topliss-reactive ketones (excluding diaryl/α,β-unsaturated/α-hetero) is 1. The summed E-state index contributed by atoms with van der Waals surface area (Å²) in [6.45, 7) is 4.72. The van der Waals surface area contributed by atoms with Gasteiger partial charge in [-0.15, -0.1) is 0 Å². The Morgan fingerprint density at radius 3 is 3.07 bits per heavy atom. The average Bonchev–Trinajstić information content (AvgIpc) is 2.65. The lowest BCUT2D eigenvalue weighted by Gasteiger charge is -2.24. The van der Waals surface area contributed by atoms with Crippen LogP contribution in [-0.2, 0) is 9.53 Å². The van der Waals surface area contributed by atoms with Gasteiger partial charge in [-0.1, -0.05) is 0 Å². The Kier molecular flexibility index (Phi) is 2.86.